The van der Waals surface area contributed by atoms with Gasteiger partial charge in [-0.25, -0.2) is 0 Å². The molecule has 0 fully saturated rings. The number of Topliss-reactive ketones (excluding diaryl/α,β-unsaturated/α-hetero) is 1. The van der Waals surface area contributed by atoms with Gasteiger partial charge in [0.2, 0.25) is 0 Å². The maximum atomic E-state index is 13.6. The van der Waals surface area contributed by atoms with Gasteiger partial charge in [-0.2, -0.15) is 0 Å². The van der Waals surface area contributed by atoms with Crippen LogP contribution in [0.4, 0.5) is 11.4 Å². The molecule has 0 radical (unpaired) electrons. The van der Waals surface area contributed by atoms with Crippen LogP contribution in [0.25, 0.3) is 5.76 Å². The molecule has 1 aliphatic carbocycles. The van der Waals surface area contributed by atoms with E-state index in [1.54, 1.807) is 60.4 Å². The first-order chi connectivity index (χ1) is 17.8. The Bertz CT molecular complexity index is 1510. The van der Waals surface area contributed by atoms with Crippen LogP contribution in [0.2, 0.25) is 5.02 Å². The molecule has 0 spiro atoms. The van der Waals surface area contributed by atoms with Crippen molar-refractivity contribution in [3.63, 3.8) is 0 Å². The van der Waals surface area contributed by atoms with E-state index >= 15 is 0 Å². The van der Waals surface area contributed by atoms with Crippen molar-refractivity contribution in [2.75, 3.05) is 4.90 Å². The van der Waals surface area contributed by atoms with Gasteiger partial charge in [0.1, 0.15) is 11.6 Å². The minimum Gasteiger partial charge on any atom is -0.507 e. The number of carbonyl (C=O) groups is 1. The summed E-state index contributed by atoms with van der Waals surface area (Å²) in [5, 5.41) is 33.0. The average molecular weight is 514 g/mol. The summed E-state index contributed by atoms with van der Waals surface area (Å²) in [6, 6.07) is 20.4. The number of allylic oxidation sites excluding steroid dienone is 2. The molecule has 2 aliphatic rings. The van der Waals surface area contributed by atoms with E-state index in [1.807, 2.05) is 12.1 Å². The first kappa shape index (κ1) is 24.5. The number of anilines is 1. The number of hydrogen-bond acceptors (Lipinski definition) is 5. The molecule has 0 amide bonds. The lowest BCUT2D eigenvalue weighted by Gasteiger charge is -2.42. The van der Waals surface area contributed by atoms with E-state index in [-0.39, 0.29) is 28.6 Å². The van der Waals surface area contributed by atoms with Gasteiger partial charge in [-0.15, -0.1) is 0 Å². The molecular weight excluding hydrogens is 490 g/mol. The third-order valence-corrected chi connectivity index (χ3v) is 7.26. The van der Waals surface area contributed by atoms with E-state index < -0.39 is 10.8 Å². The SMILES string of the molecule is Cc1ccc([N+](=O)[O-])cc1N1C(=N)/C(=C(/O)c2ccccc2)C(c2ccccc2Cl)C2=C1CCCC2=O. The van der Waals surface area contributed by atoms with E-state index in [9.17, 15) is 25.4 Å². The topological polar surface area (TPSA) is 108 Å². The van der Waals surface area contributed by atoms with Crippen LogP contribution in [-0.2, 0) is 4.79 Å². The lowest BCUT2D eigenvalue weighted by atomic mass is 9.73. The molecule has 1 unspecified atom stereocenters. The Balaban J connectivity index is 1.87. The van der Waals surface area contributed by atoms with Crippen LogP contribution in [-0.4, -0.2) is 21.6 Å². The van der Waals surface area contributed by atoms with E-state index in [2.05, 4.69) is 0 Å². The third kappa shape index (κ3) is 4.21. The largest absolute Gasteiger partial charge is 0.507 e. The molecular formula is C29H24ClN3O4. The Morgan fingerprint density at radius 2 is 1.78 bits per heavy atom. The summed E-state index contributed by atoms with van der Waals surface area (Å²) in [5.74, 6) is -1.05. The van der Waals surface area contributed by atoms with Gasteiger partial charge in [0.15, 0.2) is 5.78 Å². The van der Waals surface area contributed by atoms with Crippen molar-refractivity contribution in [1.82, 2.24) is 0 Å². The summed E-state index contributed by atoms with van der Waals surface area (Å²) in [7, 11) is 0. The van der Waals surface area contributed by atoms with Gasteiger partial charge in [-0.3, -0.25) is 25.2 Å². The maximum absolute atomic E-state index is 13.6. The average Bonchev–Trinajstić information content (AvgIpc) is 2.89. The van der Waals surface area contributed by atoms with Crippen LogP contribution in [0.5, 0.6) is 0 Å². The van der Waals surface area contributed by atoms with Gasteiger partial charge < -0.3 is 5.11 Å². The standard InChI is InChI=1S/C29H24ClN3O4/c1-17-14-15-19(33(36)37)16-23(17)32-22-12-7-13-24(34)26(22)25(20-10-5-6-11-21(20)30)27(29(32)31)28(35)18-8-3-2-4-9-18/h2-6,8-11,14-16,25,31,35H,7,12-13H2,1H3/b28-27+,31-29?. The van der Waals surface area contributed by atoms with Crippen molar-refractivity contribution >= 4 is 40.4 Å². The Hall–Kier alpha value is -4.23. The molecule has 3 aromatic carbocycles. The second-order valence-corrected chi connectivity index (χ2v) is 9.54. The van der Waals surface area contributed by atoms with Crippen molar-refractivity contribution in [2.45, 2.75) is 32.1 Å². The zero-order valence-electron chi connectivity index (χ0n) is 20.1. The molecule has 0 aromatic heterocycles. The van der Waals surface area contributed by atoms with Gasteiger partial charge in [-0.05, 0) is 37.0 Å². The lowest BCUT2D eigenvalue weighted by molar-refractivity contribution is -0.384. The van der Waals surface area contributed by atoms with E-state index in [0.29, 0.717) is 57.9 Å². The fourth-order valence-corrected chi connectivity index (χ4v) is 5.43. The number of aliphatic hydroxyl groups excluding tert-OH is 1. The number of rotatable bonds is 4. The van der Waals surface area contributed by atoms with Crippen molar-refractivity contribution in [3.05, 3.63) is 121 Å². The number of ketones is 1. The van der Waals surface area contributed by atoms with Gasteiger partial charge in [-0.1, -0.05) is 66.2 Å². The highest BCUT2D eigenvalue weighted by Gasteiger charge is 2.44. The molecule has 2 N–H and O–H groups in total. The van der Waals surface area contributed by atoms with Gasteiger partial charge in [0, 0.05) is 51.9 Å². The monoisotopic (exact) mass is 513 g/mol. The second-order valence-electron chi connectivity index (χ2n) is 9.13. The Kier molecular flexibility index (Phi) is 6.39. The minimum absolute atomic E-state index is 0.0525. The molecule has 1 atom stereocenters. The molecule has 1 aliphatic heterocycles. The molecule has 1 heterocycles. The molecule has 0 saturated carbocycles. The zero-order chi connectivity index (χ0) is 26.3. The summed E-state index contributed by atoms with van der Waals surface area (Å²) in [4.78, 5) is 26.3. The van der Waals surface area contributed by atoms with Gasteiger partial charge in [0.05, 0.1) is 10.6 Å². The second kappa shape index (κ2) is 9.67. The van der Waals surface area contributed by atoms with Crippen molar-refractivity contribution < 1.29 is 14.8 Å². The highest BCUT2D eigenvalue weighted by atomic mass is 35.5. The summed E-state index contributed by atoms with van der Waals surface area (Å²) in [6.45, 7) is 1.80. The lowest BCUT2D eigenvalue weighted by Crippen LogP contribution is -2.42. The highest BCUT2D eigenvalue weighted by Crippen LogP contribution is 2.49. The van der Waals surface area contributed by atoms with Gasteiger partial charge >= 0.3 is 0 Å². The number of nitro benzene ring substituents is 1. The summed E-state index contributed by atoms with van der Waals surface area (Å²) < 4.78 is 0. The smallest absolute Gasteiger partial charge is 0.271 e. The fraction of sp³-hybridized carbons (Fsp3) is 0.172. The number of nitrogens with zero attached hydrogens (tertiary/aromatic N) is 2. The van der Waals surface area contributed by atoms with Crippen LogP contribution >= 0.6 is 11.6 Å². The Labute approximate surface area is 219 Å². The molecule has 7 nitrogen and oxygen atoms in total. The molecule has 8 heteroatoms. The first-order valence-electron chi connectivity index (χ1n) is 11.9. The van der Waals surface area contributed by atoms with Crippen molar-refractivity contribution in [3.8, 4) is 0 Å². The maximum Gasteiger partial charge on any atom is 0.271 e. The van der Waals surface area contributed by atoms with Crippen LogP contribution in [0.1, 0.15) is 41.9 Å². The quantitative estimate of drug-likeness (QED) is 0.219. The molecule has 37 heavy (non-hydrogen) atoms. The van der Waals surface area contributed by atoms with Crippen molar-refractivity contribution in [1.29, 1.82) is 5.41 Å². The van der Waals surface area contributed by atoms with Crippen LogP contribution in [0, 0.1) is 22.4 Å². The van der Waals surface area contributed by atoms with E-state index in [1.165, 1.54) is 12.1 Å². The van der Waals surface area contributed by atoms with Crippen LogP contribution in [0.3, 0.4) is 0 Å². The number of non-ortho nitro benzene ring substituents is 1. The van der Waals surface area contributed by atoms with E-state index in [0.717, 1.165) is 0 Å². The summed E-state index contributed by atoms with van der Waals surface area (Å²) in [6.07, 6.45) is 1.43. The van der Waals surface area contributed by atoms with Gasteiger partial charge in [0.25, 0.3) is 5.69 Å². The Morgan fingerprint density at radius 1 is 1.08 bits per heavy atom. The number of amidine groups is 1. The molecule has 3 aromatic rings. The Morgan fingerprint density at radius 3 is 2.49 bits per heavy atom. The number of carbonyl (C=O) groups excluding carboxylic acids is 1. The van der Waals surface area contributed by atoms with Crippen LogP contribution in [0.15, 0.2) is 89.6 Å². The summed E-state index contributed by atoms with van der Waals surface area (Å²) >= 11 is 6.64. The fourth-order valence-electron chi connectivity index (χ4n) is 5.18. The minimum atomic E-state index is -0.764. The number of hydrogen-bond donors (Lipinski definition) is 2. The molecule has 186 valence electrons. The first-order valence-corrected chi connectivity index (χ1v) is 12.3. The predicted octanol–water partition coefficient (Wildman–Crippen LogP) is 7.11. The normalized spacial score (nSPS) is 19.1. The van der Waals surface area contributed by atoms with E-state index in [4.69, 9.17) is 11.6 Å². The molecule has 0 bridgehead atoms. The number of aryl methyl sites for hydroxylation is 1. The third-order valence-electron chi connectivity index (χ3n) is 6.92. The predicted molar refractivity (Wildman–Crippen MR) is 144 cm³/mol. The highest BCUT2D eigenvalue weighted by molar-refractivity contribution is 6.32. The molecule has 0 saturated heterocycles. The number of nitro groups is 1. The van der Waals surface area contributed by atoms with Crippen molar-refractivity contribution in [2.24, 2.45) is 0 Å². The summed E-state index contributed by atoms with van der Waals surface area (Å²) in [5.41, 5.74) is 3.40. The number of aliphatic hydroxyl groups is 1. The number of halogens is 1. The number of benzene rings is 3. The molecule has 5 rings (SSSR count). The number of nitrogens with one attached hydrogen (secondary N) is 1. The zero-order valence-corrected chi connectivity index (χ0v) is 20.8. The van der Waals surface area contributed by atoms with Crippen LogP contribution < -0.4 is 4.90 Å².